The Hall–Kier alpha value is -1.06. The van der Waals surface area contributed by atoms with Crippen LogP contribution in [0.15, 0.2) is 0 Å². The monoisotopic (exact) mass is 482 g/mol. The van der Waals surface area contributed by atoms with Gasteiger partial charge in [0.1, 0.15) is 0 Å². The predicted molar refractivity (Wildman–Crippen MR) is 144 cm³/mol. The van der Waals surface area contributed by atoms with Crippen LogP contribution < -0.4 is 0 Å². The third-order valence-corrected chi connectivity index (χ3v) is 6.65. The van der Waals surface area contributed by atoms with Crippen molar-refractivity contribution in [1.82, 2.24) is 0 Å². The molecule has 1 atom stereocenters. The number of hydrogen-bond donors (Lipinski definition) is 0. The molecular formula is C30H58O4. The molecule has 0 aromatic rings. The number of ether oxygens (including phenoxy) is 2. The summed E-state index contributed by atoms with van der Waals surface area (Å²) in [6.45, 7) is 8.82. The van der Waals surface area contributed by atoms with Crippen LogP contribution in [0, 0.1) is 5.92 Å². The zero-order chi connectivity index (χ0) is 25.3. The fourth-order valence-electron chi connectivity index (χ4n) is 4.34. The van der Waals surface area contributed by atoms with Gasteiger partial charge in [-0.3, -0.25) is 9.59 Å². The van der Waals surface area contributed by atoms with Crippen molar-refractivity contribution < 1.29 is 19.1 Å². The zero-order valence-electron chi connectivity index (χ0n) is 23.3. The first-order chi connectivity index (χ1) is 16.5. The molecule has 0 aliphatic heterocycles. The van der Waals surface area contributed by atoms with Gasteiger partial charge >= 0.3 is 11.9 Å². The normalized spacial score (nSPS) is 12.1. The molecule has 0 spiro atoms. The van der Waals surface area contributed by atoms with Crippen LogP contribution >= 0.6 is 0 Å². The molecule has 0 amide bonds. The summed E-state index contributed by atoms with van der Waals surface area (Å²) in [7, 11) is 0. The molecule has 202 valence electrons. The minimum absolute atomic E-state index is 0.00119. The molecule has 4 heteroatoms. The van der Waals surface area contributed by atoms with Crippen molar-refractivity contribution in [2.45, 2.75) is 169 Å². The number of carbonyl (C=O) groups is 2. The van der Waals surface area contributed by atoms with Crippen molar-refractivity contribution >= 4 is 11.9 Å². The van der Waals surface area contributed by atoms with Crippen LogP contribution in [0.2, 0.25) is 0 Å². The number of carbonyl (C=O) groups excluding carboxylic acids is 2. The van der Waals surface area contributed by atoms with Gasteiger partial charge in [0.25, 0.3) is 0 Å². The maximum atomic E-state index is 11.9. The number of unbranched alkanes of at least 4 members (excludes halogenated alkanes) is 15. The third-order valence-electron chi connectivity index (χ3n) is 6.65. The summed E-state index contributed by atoms with van der Waals surface area (Å²) in [5.74, 6) is 0.497. The second-order valence-corrected chi connectivity index (χ2v) is 10.4. The second-order valence-electron chi connectivity index (χ2n) is 10.4. The largest absolute Gasteiger partial charge is 0.465 e. The Morgan fingerprint density at radius 1 is 0.588 bits per heavy atom. The van der Waals surface area contributed by atoms with E-state index in [-0.39, 0.29) is 18.0 Å². The van der Waals surface area contributed by atoms with Crippen molar-refractivity contribution in [3.8, 4) is 0 Å². The minimum atomic E-state index is -0.0479. The fraction of sp³-hybridized carbons (Fsp3) is 0.933. The van der Waals surface area contributed by atoms with Crippen LogP contribution in [0.3, 0.4) is 0 Å². The van der Waals surface area contributed by atoms with E-state index in [4.69, 9.17) is 9.47 Å². The second kappa shape index (κ2) is 25.0. The Kier molecular flexibility index (Phi) is 24.3. The van der Waals surface area contributed by atoms with Crippen LogP contribution in [0.25, 0.3) is 0 Å². The molecular weight excluding hydrogens is 424 g/mol. The molecule has 4 nitrogen and oxygen atoms in total. The summed E-state index contributed by atoms with van der Waals surface area (Å²) in [5.41, 5.74) is 0. The molecule has 0 fully saturated rings. The average Bonchev–Trinajstić information content (AvgIpc) is 2.80. The molecule has 0 heterocycles. The summed E-state index contributed by atoms with van der Waals surface area (Å²) in [4.78, 5) is 23.4. The number of hydrogen-bond acceptors (Lipinski definition) is 4. The molecule has 0 aliphatic rings. The highest BCUT2D eigenvalue weighted by atomic mass is 16.5. The first kappa shape index (κ1) is 32.9. The molecule has 0 aromatic heterocycles. The van der Waals surface area contributed by atoms with Crippen molar-refractivity contribution in [2.75, 3.05) is 6.61 Å². The van der Waals surface area contributed by atoms with Crippen LogP contribution in [0.4, 0.5) is 0 Å². The number of esters is 2. The molecule has 0 N–H and O–H groups in total. The molecule has 0 saturated carbocycles. The van der Waals surface area contributed by atoms with Gasteiger partial charge in [-0.15, -0.1) is 0 Å². The molecule has 0 rings (SSSR count). The first-order valence-electron chi connectivity index (χ1n) is 14.8. The average molecular weight is 483 g/mol. The Morgan fingerprint density at radius 3 is 1.38 bits per heavy atom. The lowest BCUT2D eigenvalue weighted by Crippen LogP contribution is -2.13. The first-order valence-corrected chi connectivity index (χ1v) is 14.8. The summed E-state index contributed by atoms with van der Waals surface area (Å²) < 4.78 is 10.6. The smallest absolute Gasteiger partial charge is 0.306 e. The van der Waals surface area contributed by atoms with E-state index in [2.05, 4.69) is 13.8 Å². The zero-order valence-corrected chi connectivity index (χ0v) is 23.3. The van der Waals surface area contributed by atoms with Gasteiger partial charge in [-0.25, -0.2) is 0 Å². The van der Waals surface area contributed by atoms with Gasteiger partial charge in [0.2, 0.25) is 0 Å². The highest BCUT2D eigenvalue weighted by Crippen LogP contribution is 2.16. The molecule has 0 saturated heterocycles. The quantitative estimate of drug-likeness (QED) is 0.0960. The van der Waals surface area contributed by atoms with Crippen LogP contribution in [0.5, 0.6) is 0 Å². The molecule has 0 radical (unpaired) electrons. The number of rotatable bonds is 25. The lowest BCUT2D eigenvalue weighted by Gasteiger charge is -2.14. The molecule has 0 aliphatic carbocycles. The van der Waals surface area contributed by atoms with E-state index in [9.17, 15) is 9.59 Å². The van der Waals surface area contributed by atoms with E-state index >= 15 is 0 Å². The summed E-state index contributed by atoms with van der Waals surface area (Å²) >= 11 is 0. The molecule has 0 aromatic carbocycles. The van der Waals surface area contributed by atoms with Crippen molar-refractivity contribution in [2.24, 2.45) is 5.92 Å². The lowest BCUT2D eigenvalue weighted by atomic mass is 10.0. The third kappa shape index (κ3) is 24.1. The van der Waals surface area contributed by atoms with Crippen LogP contribution in [0.1, 0.15) is 163 Å². The van der Waals surface area contributed by atoms with Gasteiger partial charge in [-0.2, -0.15) is 0 Å². The predicted octanol–water partition coefficient (Wildman–Crippen LogP) is 9.33. The molecule has 0 bridgehead atoms. The Morgan fingerprint density at radius 2 is 1.00 bits per heavy atom. The standard InChI is InChI=1S/C30H58O4/c1-5-7-23-28(6-2)26-33-29(31)24-21-19-17-15-13-11-9-8-10-12-14-16-18-20-22-25-30(32)34-27(3)4/h27-28H,5-26H2,1-4H3. The van der Waals surface area contributed by atoms with Gasteiger partial charge < -0.3 is 9.47 Å². The summed E-state index contributed by atoms with van der Waals surface area (Å²) in [6.07, 6.45) is 24.7. The van der Waals surface area contributed by atoms with Gasteiger partial charge in [0, 0.05) is 12.8 Å². The van der Waals surface area contributed by atoms with Crippen LogP contribution in [-0.4, -0.2) is 24.6 Å². The van der Waals surface area contributed by atoms with E-state index in [1.807, 2.05) is 13.8 Å². The molecule has 34 heavy (non-hydrogen) atoms. The van der Waals surface area contributed by atoms with E-state index < -0.39 is 0 Å². The van der Waals surface area contributed by atoms with Crippen molar-refractivity contribution in [3.05, 3.63) is 0 Å². The van der Waals surface area contributed by atoms with Crippen molar-refractivity contribution in [3.63, 3.8) is 0 Å². The maximum absolute atomic E-state index is 11.9. The van der Waals surface area contributed by atoms with Crippen molar-refractivity contribution in [1.29, 1.82) is 0 Å². The van der Waals surface area contributed by atoms with Gasteiger partial charge in [0.05, 0.1) is 12.7 Å². The maximum Gasteiger partial charge on any atom is 0.306 e. The fourth-order valence-corrected chi connectivity index (χ4v) is 4.34. The Balaban J connectivity index is 3.28. The highest BCUT2D eigenvalue weighted by molar-refractivity contribution is 5.69. The SMILES string of the molecule is CCCCC(CC)COC(=O)CCCCCCCCCCCCCCCCCC(=O)OC(C)C. The van der Waals surface area contributed by atoms with E-state index in [0.717, 1.165) is 32.1 Å². The lowest BCUT2D eigenvalue weighted by molar-refractivity contribution is -0.147. The summed E-state index contributed by atoms with van der Waals surface area (Å²) in [6, 6.07) is 0. The van der Waals surface area contributed by atoms with Gasteiger partial charge in [0.15, 0.2) is 0 Å². The van der Waals surface area contributed by atoms with Gasteiger partial charge in [-0.05, 0) is 39.0 Å². The topological polar surface area (TPSA) is 52.6 Å². The van der Waals surface area contributed by atoms with E-state index in [1.165, 1.54) is 89.9 Å². The van der Waals surface area contributed by atoms with E-state index in [0.29, 0.717) is 25.4 Å². The van der Waals surface area contributed by atoms with Crippen LogP contribution in [-0.2, 0) is 19.1 Å². The van der Waals surface area contributed by atoms with E-state index in [1.54, 1.807) is 0 Å². The Labute approximate surface area is 212 Å². The highest BCUT2D eigenvalue weighted by Gasteiger charge is 2.10. The summed E-state index contributed by atoms with van der Waals surface area (Å²) in [5, 5.41) is 0. The molecule has 1 unspecified atom stereocenters. The minimum Gasteiger partial charge on any atom is -0.465 e. The Bertz CT molecular complexity index is 461. The van der Waals surface area contributed by atoms with Gasteiger partial charge in [-0.1, -0.05) is 117 Å².